The van der Waals surface area contributed by atoms with Crippen molar-refractivity contribution >= 4 is 23.2 Å². The Morgan fingerprint density at radius 1 is 1.50 bits per heavy atom. The number of primary amides is 1. The van der Waals surface area contributed by atoms with Crippen molar-refractivity contribution in [3.63, 3.8) is 0 Å². The van der Waals surface area contributed by atoms with E-state index in [1.165, 1.54) is 11.3 Å². The minimum atomic E-state index is -0.283. The first-order chi connectivity index (χ1) is 9.52. The topological polar surface area (TPSA) is 101 Å². The highest BCUT2D eigenvalue weighted by Gasteiger charge is 2.27. The van der Waals surface area contributed by atoms with Crippen LogP contribution in [0.1, 0.15) is 39.4 Å². The average Bonchev–Trinajstić information content (AvgIpc) is 2.79. The van der Waals surface area contributed by atoms with Crippen molar-refractivity contribution in [3.8, 4) is 0 Å². The van der Waals surface area contributed by atoms with E-state index in [0.29, 0.717) is 11.4 Å². The molecular formula is C13H20N4O2S. The fourth-order valence-corrected chi connectivity index (χ4v) is 3.52. The van der Waals surface area contributed by atoms with Gasteiger partial charge < -0.3 is 5.73 Å². The van der Waals surface area contributed by atoms with Gasteiger partial charge in [-0.15, -0.1) is 11.3 Å². The molecule has 0 radical (unpaired) electrons. The first-order valence-corrected chi connectivity index (χ1v) is 7.48. The van der Waals surface area contributed by atoms with Gasteiger partial charge in [-0.05, 0) is 37.9 Å². The van der Waals surface area contributed by atoms with Crippen LogP contribution in [0.15, 0.2) is 6.07 Å². The first kappa shape index (κ1) is 15.0. The summed E-state index contributed by atoms with van der Waals surface area (Å²) in [6.45, 7) is 3.48. The highest BCUT2D eigenvalue weighted by Crippen LogP contribution is 2.26. The molecule has 0 saturated carbocycles. The number of nitrogens with two attached hydrogens (primary N) is 2. The van der Waals surface area contributed by atoms with E-state index in [0.717, 1.165) is 36.2 Å². The Labute approximate surface area is 122 Å². The number of piperidine rings is 1. The predicted molar refractivity (Wildman–Crippen MR) is 78.0 cm³/mol. The Balaban J connectivity index is 2.14. The third kappa shape index (κ3) is 3.17. The lowest BCUT2D eigenvalue weighted by molar-refractivity contribution is -0.124. The molecule has 0 bridgehead atoms. The van der Waals surface area contributed by atoms with Crippen LogP contribution in [0.2, 0.25) is 0 Å². The lowest BCUT2D eigenvalue weighted by Gasteiger charge is -2.33. The number of carbonyl (C=O) groups excluding carboxylic acids is 2. The number of thiophene rings is 1. The maximum Gasteiger partial charge on any atom is 0.275 e. The van der Waals surface area contributed by atoms with Crippen LogP contribution < -0.4 is 17.0 Å². The molecule has 7 heteroatoms. The summed E-state index contributed by atoms with van der Waals surface area (Å²) in [5, 5.41) is 0. The summed E-state index contributed by atoms with van der Waals surface area (Å²) in [5.41, 5.74) is 8.66. The zero-order valence-corrected chi connectivity index (χ0v) is 12.3. The second-order valence-corrected chi connectivity index (χ2v) is 6.31. The molecule has 6 nitrogen and oxygen atoms in total. The summed E-state index contributed by atoms with van der Waals surface area (Å²) in [5.74, 6) is 4.60. The Kier molecular flexibility index (Phi) is 4.74. The van der Waals surface area contributed by atoms with Gasteiger partial charge in [-0.1, -0.05) is 6.42 Å². The van der Waals surface area contributed by atoms with Gasteiger partial charge in [0.1, 0.15) is 0 Å². The molecule has 5 N–H and O–H groups in total. The number of nitrogens with zero attached hydrogens (tertiary/aromatic N) is 1. The number of aryl methyl sites for hydroxylation is 1. The standard InChI is InChI=1S/C13H20N4O2S/c1-8-9(6-11(20-8)13(19)16-15)7-17-5-3-2-4-10(17)12(14)18/h6,10H,2-5,7,15H2,1H3,(H2,14,18)(H,16,19). The van der Waals surface area contributed by atoms with E-state index in [4.69, 9.17) is 11.6 Å². The van der Waals surface area contributed by atoms with E-state index in [1.807, 2.05) is 13.0 Å². The fourth-order valence-electron chi connectivity index (χ4n) is 2.58. The summed E-state index contributed by atoms with van der Waals surface area (Å²) in [6.07, 6.45) is 2.92. The molecule has 1 atom stereocenters. The summed E-state index contributed by atoms with van der Waals surface area (Å²) < 4.78 is 0. The zero-order valence-electron chi connectivity index (χ0n) is 11.5. The molecule has 0 spiro atoms. The summed E-state index contributed by atoms with van der Waals surface area (Å²) >= 11 is 1.41. The summed E-state index contributed by atoms with van der Waals surface area (Å²) in [7, 11) is 0. The van der Waals surface area contributed by atoms with Crippen LogP contribution in [0.4, 0.5) is 0 Å². The van der Waals surface area contributed by atoms with E-state index in [1.54, 1.807) is 0 Å². The Bertz CT molecular complexity index is 514. The number of hydrogen-bond acceptors (Lipinski definition) is 5. The van der Waals surface area contributed by atoms with Crippen molar-refractivity contribution in [2.45, 2.75) is 38.8 Å². The van der Waals surface area contributed by atoms with Crippen LogP contribution in [-0.4, -0.2) is 29.3 Å². The number of carbonyl (C=O) groups is 2. The van der Waals surface area contributed by atoms with Crippen molar-refractivity contribution in [2.75, 3.05) is 6.54 Å². The highest BCUT2D eigenvalue weighted by atomic mass is 32.1. The molecule has 110 valence electrons. The molecule has 2 heterocycles. The molecule has 1 aliphatic heterocycles. The summed E-state index contributed by atoms with van der Waals surface area (Å²) in [6, 6.07) is 1.64. The van der Waals surface area contributed by atoms with Gasteiger partial charge in [0.15, 0.2) is 0 Å². The molecule has 1 unspecified atom stereocenters. The van der Waals surface area contributed by atoms with Crippen molar-refractivity contribution in [2.24, 2.45) is 11.6 Å². The zero-order chi connectivity index (χ0) is 14.7. The minimum Gasteiger partial charge on any atom is -0.368 e. The van der Waals surface area contributed by atoms with Gasteiger partial charge in [0.25, 0.3) is 5.91 Å². The quantitative estimate of drug-likeness (QED) is 0.428. The molecular weight excluding hydrogens is 276 g/mol. The van der Waals surface area contributed by atoms with Crippen LogP contribution in [0.3, 0.4) is 0 Å². The van der Waals surface area contributed by atoms with Crippen LogP contribution in [0.25, 0.3) is 0 Å². The lowest BCUT2D eigenvalue weighted by Crippen LogP contribution is -2.47. The van der Waals surface area contributed by atoms with Crippen LogP contribution >= 0.6 is 11.3 Å². The molecule has 1 saturated heterocycles. The molecule has 2 rings (SSSR count). The number of nitrogens with one attached hydrogen (secondary N) is 1. The Hall–Kier alpha value is -1.44. The monoisotopic (exact) mass is 296 g/mol. The van der Waals surface area contributed by atoms with E-state index in [2.05, 4.69) is 10.3 Å². The minimum absolute atomic E-state index is 0.199. The number of nitrogen functional groups attached to an aromatic ring is 1. The molecule has 1 aromatic rings. The summed E-state index contributed by atoms with van der Waals surface area (Å²) in [4.78, 5) is 26.8. The van der Waals surface area contributed by atoms with Gasteiger partial charge in [-0.2, -0.15) is 0 Å². The smallest absolute Gasteiger partial charge is 0.275 e. The predicted octanol–water partition coefficient (Wildman–Crippen LogP) is 0.500. The fraction of sp³-hybridized carbons (Fsp3) is 0.538. The van der Waals surface area contributed by atoms with Gasteiger partial charge in [-0.25, -0.2) is 5.84 Å². The molecule has 1 aliphatic rings. The second kappa shape index (κ2) is 6.34. The van der Waals surface area contributed by atoms with E-state index < -0.39 is 0 Å². The molecule has 20 heavy (non-hydrogen) atoms. The van der Waals surface area contributed by atoms with Crippen molar-refractivity contribution < 1.29 is 9.59 Å². The number of hydrogen-bond donors (Lipinski definition) is 3. The van der Waals surface area contributed by atoms with Gasteiger partial charge in [0.05, 0.1) is 10.9 Å². The normalized spacial score (nSPS) is 19.8. The van der Waals surface area contributed by atoms with Crippen LogP contribution in [-0.2, 0) is 11.3 Å². The largest absolute Gasteiger partial charge is 0.368 e. The molecule has 2 amide bonds. The number of hydrazine groups is 1. The van der Waals surface area contributed by atoms with Gasteiger partial charge in [0, 0.05) is 11.4 Å². The third-order valence-corrected chi connectivity index (χ3v) is 4.78. The Morgan fingerprint density at radius 3 is 2.90 bits per heavy atom. The van der Waals surface area contributed by atoms with Crippen molar-refractivity contribution in [1.82, 2.24) is 10.3 Å². The maximum atomic E-state index is 11.5. The van der Waals surface area contributed by atoms with Crippen LogP contribution in [0.5, 0.6) is 0 Å². The number of likely N-dealkylation sites (tertiary alicyclic amines) is 1. The van der Waals surface area contributed by atoms with Crippen LogP contribution in [0, 0.1) is 6.92 Å². The SMILES string of the molecule is Cc1sc(C(=O)NN)cc1CN1CCCCC1C(N)=O. The third-order valence-electron chi connectivity index (χ3n) is 3.69. The van der Waals surface area contributed by atoms with Crippen molar-refractivity contribution in [3.05, 3.63) is 21.4 Å². The lowest BCUT2D eigenvalue weighted by atomic mass is 10.0. The highest BCUT2D eigenvalue weighted by molar-refractivity contribution is 7.14. The maximum absolute atomic E-state index is 11.5. The number of amides is 2. The molecule has 0 aromatic carbocycles. The van der Waals surface area contributed by atoms with E-state index in [-0.39, 0.29) is 17.9 Å². The molecule has 0 aliphatic carbocycles. The molecule has 1 aromatic heterocycles. The Morgan fingerprint density at radius 2 is 2.25 bits per heavy atom. The number of rotatable bonds is 4. The van der Waals surface area contributed by atoms with Gasteiger partial charge in [0.2, 0.25) is 5.91 Å². The second-order valence-electron chi connectivity index (χ2n) is 5.05. The van der Waals surface area contributed by atoms with Crippen molar-refractivity contribution in [1.29, 1.82) is 0 Å². The molecule has 1 fully saturated rings. The van der Waals surface area contributed by atoms with Gasteiger partial charge >= 0.3 is 0 Å². The van der Waals surface area contributed by atoms with Gasteiger partial charge in [-0.3, -0.25) is 19.9 Å². The first-order valence-electron chi connectivity index (χ1n) is 6.66. The average molecular weight is 296 g/mol. The van der Waals surface area contributed by atoms with E-state index >= 15 is 0 Å². The van der Waals surface area contributed by atoms with E-state index in [9.17, 15) is 9.59 Å².